The van der Waals surface area contributed by atoms with Crippen molar-refractivity contribution >= 4 is 0 Å². The van der Waals surface area contributed by atoms with E-state index in [4.69, 9.17) is 5.73 Å². The van der Waals surface area contributed by atoms with Gasteiger partial charge in [0.05, 0.1) is 5.60 Å². The molecule has 2 bridgehead atoms. The zero-order valence-electron chi connectivity index (χ0n) is 11.0. The molecule has 3 rings (SSSR count). The molecule has 0 aromatic heterocycles. The molecule has 3 N–H and O–H groups in total. The topological polar surface area (TPSA) is 46.2 Å². The van der Waals surface area contributed by atoms with E-state index in [1.54, 1.807) is 0 Å². The zero-order valence-corrected chi connectivity index (χ0v) is 11.0. The fourth-order valence-corrected chi connectivity index (χ4v) is 5.17. The molecule has 0 spiro atoms. The predicted molar refractivity (Wildman–Crippen MR) is 69.6 cm³/mol. The van der Waals surface area contributed by atoms with E-state index in [1.807, 2.05) is 0 Å². The average Bonchev–Trinajstić information content (AvgIpc) is 2.82. The third-order valence-electron chi connectivity index (χ3n) is 6.19. The molecule has 3 saturated carbocycles. The summed E-state index contributed by atoms with van der Waals surface area (Å²) in [5.74, 6) is 1.37. The lowest BCUT2D eigenvalue weighted by molar-refractivity contribution is -0.126. The summed E-state index contributed by atoms with van der Waals surface area (Å²) in [4.78, 5) is 0. The smallest absolute Gasteiger partial charge is 0.0746 e. The summed E-state index contributed by atoms with van der Waals surface area (Å²) in [5.41, 5.74) is 5.80. The van der Waals surface area contributed by atoms with E-state index < -0.39 is 5.60 Å². The fourth-order valence-electron chi connectivity index (χ4n) is 5.17. The first kappa shape index (κ1) is 12.0. The Hall–Kier alpha value is -0.0800. The Labute approximate surface area is 105 Å². The molecule has 0 amide bonds. The number of hydrogen-bond acceptors (Lipinski definition) is 2. The molecule has 2 heteroatoms. The van der Waals surface area contributed by atoms with Crippen molar-refractivity contribution in [3.8, 4) is 0 Å². The van der Waals surface area contributed by atoms with Gasteiger partial charge in [-0.25, -0.2) is 0 Å². The molecule has 98 valence electrons. The van der Waals surface area contributed by atoms with Crippen LogP contribution in [0.15, 0.2) is 0 Å². The van der Waals surface area contributed by atoms with Crippen molar-refractivity contribution in [2.75, 3.05) is 6.54 Å². The van der Waals surface area contributed by atoms with Crippen LogP contribution in [0.1, 0.15) is 64.2 Å². The molecule has 3 atom stereocenters. The maximum Gasteiger partial charge on any atom is 0.0746 e. The van der Waals surface area contributed by atoms with Crippen LogP contribution in [-0.2, 0) is 0 Å². The summed E-state index contributed by atoms with van der Waals surface area (Å²) < 4.78 is 0. The highest BCUT2D eigenvalue weighted by molar-refractivity contribution is 5.11. The normalized spacial score (nSPS) is 44.8. The Balaban J connectivity index is 1.88. The van der Waals surface area contributed by atoms with Gasteiger partial charge in [0.2, 0.25) is 0 Å². The molecule has 0 heterocycles. The Morgan fingerprint density at radius 2 is 1.76 bits per heavy atom. The molecular weight excluding hydrogens is 210 g/mol. The van der Waals surface area contributed by atoms with Crippen LogP contribution < -0.4 is 5.73 Å². The lowest BCUT2D eigenvalue weighted by atomic mass is 9.60. The SMILES string of the molecule is NCC1(C2(O)CC3CCC2C3)CCCCCC1. The Morgan fingerprint density at radius 1 is 1.06 bits per heavy atom. The minimum absolute atomic E-state index is 0.0589. The van der Waals surface area contributed by atoms with E-state index >= 15 is 0 Å². The first-order valence-electron chi connectivity index (χ1n) is 7.63. The van der Waals surface area contributed by atoms with Crippen LogP contribution in [0.25, 0.3) is 0 Å². The van der Waals surface area contributed by atoms with E-state index in [2.05, 4.69) is 0 Å². The molecule has 3 fully saturated rings. The molecule has 0 aromatic rings. The molecule has 0 aromatic carbocycles. The first-order chi connectivity index (χ1) is 8.20. The van der Waals surface area contributed by atoms with Gasteiger partial charge < -0.3 is 10.8 Å². The van der Waals surface area contributed by atoms with Crippen LogP contribution >= 0.6 is 0 Å². The maximum absolute atomic E-state index is 11.3. The predicted octanol–water partition coefficient (Wildman–Crippen LogP) is 2.84. The number of hydrogen-bond donors (Lipinski definition) is 2. The van der Waals surface area contributed by atoms with Crippen molar-refractivity contribution in [2.45, 2.75) is 69.8 Å². The summed E-state index contributed by atoms with van der Waals surface area (Å²) in [6.07, 6.45) is 12.5. The van der Waals surface area contributed by atoms with Gasteiger partial charge in [0.1, 0.15) is 0 Å². The van der Waals surface area contributed by atoms with Crippen LogP contribution in [0.2, 0.25) is 0 Å². The van der Waals surface area contributed by atoms with Crippen molar-refractivity contribution in [1.82, 2.24) is 0 Å². The summed E-state index contributed by atoms with van der Waals surface area (Å²) in [5, 5.41) is 11.3. The Kier molecular flexibility index (Phi) is 2.99. The van der Waals surface area contributed by atoms with Crippen molar-refractivity contribution < 1.29 is 5.11 Å². The standard InChI is InChI=1S/C15H27NO/c16-11-14(7-3-1-2-4-8-14)15(17)10-12-5-6-13(15)9-12/h12-13,17H,1-11,16H2. The van der Waals surface area contributed by atoms with E-state index in [0.29, 0.717) is 12.5 Å². The first-order valence-corrected chi connectivity index (χ1v) is 7.63. The summed E-state index contributed by atoms with van der Waals surface area (Å²) in [7, 11) is 0. The van der Waals surface area contributed by atoms with Crippen LogP contribution in [0, 0.1) is 17.3 Å². The average molecular weight is 237 g/mol. The zero-order chi connectivity index (χ0) is 11.9. The Bertz CT molecular complexity index is 283. The second-order valence-electron chi connectivity index (χ2n) is 6.90. The molecule has 0 aliphatic heterocycles. The number of nitrogens with two attached hydrogens (primary N) is 1. The third-order valence-corrected chi connectivity index (χ3v) is 6.19. The third kappa shape index (κ3) is 1.67. The number of fused-ring (bicyclic) bond motifs is 2. The van der Waals surface area contributed by atoms with Gasteiger partial charge in [0.25, 0.3) is 0 Å². The number of aliphatic hydroxyl groups is 1. The highest BCUT2D eigenvalue weighted by Crippen LogP contribution is 2.60. The van der Waals surface area contributed by atoms with Crippen molar-refractivity contribution in [1.29, 1.82) is 0 Å². The van der Waals surface area contributed by atoms with Gasteiger partial charge in [-0.05, 0) is 50.4 Å². The van der Waals surface area contributed by atoms with Gasteiger partial charge in [-0.3, -0.25) is 0 Å². The van der Waals surface area contributed by atoms with Crippen LogP contribution in [0.3, 0.4) is 0 Å². The quantitative estimate of drug-likeness (QED) is 0.725. The van der Waals surface area contributed by atoms with Gasteiger partial charge in [0.15, 0.2) is 0 Å². The Morgan fingerprint density at radius 3 is 2.24 bits per heavy atom. The molecule has 3 unspecified atom stereocenters. The summed E-state index contributed by atoms with van der Waals surface area (Å²) >= 11 is 0. The van der Waals surface area contributed by atoms with E-state index in [-0.39, 0.29) is 5.41 Å². The van der Waals surface area contributed by atoms with Gasteiger partial charge in [-0.1, -0.05) is 25.7 Å². The second-order valence-corrected chi connectivity index (χ2v) is 6.90. The second kappa shape index (κ2) is 4.24. The molecule has 17 heavy (non-hydrogen) atoms. The monoisotopic (exact) mass is 237 g/mol. The van der Waals surface area contributed by atoms with Crippen LogP contribution in [-0.4, -0.2) is 17.3 Å². The largest absolute Gasteiger partial charge is 0.389 e. The van der Waals surface area contributed by atoms with Crippen LogP contribution in [0.5, 0.6) is 0 Å². The molecule has 2 nitrogen and oxygen atoms in total. The molecular formula is C15H27NO. The van der Waals surface area contributed by atoms with Gasteiger partial charge in [-0.2, -0.15) is 0 Å². The van der Waals surface area contributed by atoms with Gasteiger partial charge in [-0.15, -0.1) is 0 Å². The van der Waals surface area contributed by atoms with Crippen LogP contribution in [0.4, 0.5) is 0 Å². The van der Waals surface area contributed by atoms with Crippen molar-refractivity contribution in [3.63, 3.8) is 0 Å². The molecule has 3 aliphatic carbocycles. The van der Waals surface area contributed by atoms with Gasteiger partial charge in [0, 0.05) is 12.0 Å². The van der Waals surface area contributed by atoms with E-state index in [9.17, 15) is 5.11 Å². The molecule has 0 saturated heterocycles. The molecule has 0 radical (unpaired) electrons. The summed E-state index contributed by atoms with van der Waals surface area (Å²) in [6, 6.07) is 0. The van der Waals surface area contributed by atoms with E-state index in [0.717, 1.165) is 12.3 Å². The van der Waals surface area contributed by atoms with Crippen molar-refractivity contribution in [2.24, 2.45) is 23.0 Å². The van der Waals surface area contributed by atoms with Gasteiger partial charge >= 0.3 is 0 Å². The van der Waals surface area contributed by atoms with E-state index in [1.165, 1.54) is 57.8 Å². The maximum atomic E-state index is 11.3. The fraction of sp³-hybridized carbons (Fsp3) is 1.00. The summed E-state index contributed by atoms with van der Waals surface area (Å²) in [6.45, 7) is 0.701. The highest BCUT2D eigenvalue weighted by atomic mass is 16.3. The minimum atomic E-state index is -0.408. The highest BCUT2D eigenvalue weighted by Gasteiger charge is 2.59. The molecule has 3 aliphatic rings. The lowest BCUT2D eigenvalue weighted by Crippen LogP contribution is -2.55. The lowest BCUT2D eigenvalue weighted by Gasteiger charge is -2.49. The number of rotatable bonds is 2. The minimum Gasteiger partial charge on any atom is -0.389 e. The van der Waals surface area contributed by atoms with Crippen molar-refractivity contribution in [3.05, 3.63) is 0 Å².